The SMILES string of the molecule is CN(C)C[C@@H]1CCCN(C(=O)C(c2ccccc2)N(C)C(=O)[C@@H](Cc2ccc3ccccc3c2)N(C)C(=O)/C=C/CC2(N)CCC2)C1. The summed E-state index contributed by atoms with van der Waals surface area (Å²) in [4.78, 5) is 49.8. The van der Waals surface area contributed by atoms with Crippen LogP contribution in [0.15, 0.2) is 84.9 Å². The maximum Gasteiger partial charge on any atom is 0.250 e. The smallest absolute Gasteiger partial charge is 0.250 e. The Morgan fingerprint density at radius 2 is 1.62 bits per heavy atom. The summed E-state index contributed by atoms with van der Waals surface area (Å²) in [5, 5.41) is 2.18. The van der Waals surface area contributed by atoms with Crippen LogP contribution in [0.5, 0.6) is 0 Å². The van der Waals surface area contributed by atoms with E-state index in [0.29, 0.717) is 31.8 Å². The maximum absolute atomic E-state index is 14.7. The normalized spacial score (nSPS) is 18.9. The number of hydrogen-bond donors (Lipinski definition) is 1. The third kappa shape index (κ3) is 8.48. The van der Waals surface area contributed by atoms with Crippen LogP contribution in [0.2, 0.25) is 0 Å². The first-order valence-corrected chi connectivity index (χ1v) is 17.0. The fourth-order valence-electron chi connectivity index (χ4n) is 7.11. The van der Waals surface area contributed by atoms with Crippen molar-refractivity contribution in [3.05, 3.63) is 96.1 Å². The number of amides is 3. The van der Waals surface area contributed by atoms with Crippen molar-refractivity contribution in [3.63, 3.8) is 0 Å². The van der Waals surface area contributed by atoms with Gasteiger partial charge in [-0.05, 0) is 86.5 Å². The minimum atomic E-state index is -0.823. The van der Waals surface area contributed by atoms with Gasteiger partial charge in [0, 0.05) is 45.7 Å². The molecule has 1 saturated heterocycles. The molecule has 8 heteroatoms. The summed E-state index contributed by atoms with van der Waals surface area (Å²) >= 11 is 0. The highest BCUT2D eigenvalue weighted by molar-refractivity contribution is 5.95. The molecule has 250 valence electrons. The predicted octanol–water partition coefficient (Wildman–Crippen LogP) is 5.04. The zero-order valence-corrected chi connectivity index (χ0v) is 28.5. The number of likely N-dealkylation sites (tertiary alicyclic amines) is 1. The van der Waals surface area contributed by atoms with Gasteiger partial charge in [-0.3, -0.25) is 14.4 Å². The number of rotatable bonds is 12. The average molecular weight is 638 g/mol. The van der Waals surface area contributed by atoms with Gasteiger partial charge in [-0.15, -0.1) is 0 Å². The van der Waals surface area contributed by atoms with E-state index in [2.05, 4.69) is 37.2 Å². The second-order valence-electron chi connectivity index (χ2n) is 14.0. The van der Waals surface area contributed by atoms with Crippen LogP contribution in [0.4, 0.5) is 0 Å². The van der Waals surface area contributed by atoms with Gasteiger partial charge < -0.3 is 25.3 Å². The number of fused-ring (bicyclic) bond motifs is 1. The first kappa shape index (κ1) is 34.3. The molecule has 1 unspecified atom stereocenters. The van der Waals surface area contributed by atoms with Crippen LogP contribution in [-0.4, -0.2) is 96.7 Å². The topological polar surface area (TPSA) is 90.2 Å². The van der Waals surface area contributed by atoms with E-state index in [-0.39, 0.29) is 23.3 Å². The lowest BCUT2D eigenvalue weighted by molar-refractivity contribution is -0.150. The van der Waals surface area contributed by atoms with E-state index in [1.165, 1.54) is 4.90 Å². The van der Waals surface area contributed by atoms with Gasteiger partial charge in [-0.2, -0.15) is 0 Å². The number of carbonyl (C=O) groups is 3. The molecule has 0 bridgehead atoms. The summed E-state index contributed by atoms with van der Waals surface area (Å²) < 4.78 is 0. The third-order valence-corrected chi connectivity index (χ3v) is 10.0. The zero-order chi connectivity index (χ0) is 33.6. The van der Waals surface area contributed by atoms with E-state index in [1.807, 2.05) is 65.6 Å². The third-order valence-electron chi connectivity index (χ3n) is 10.0. The fraction of sp³-hybridized carbons (Fsp3) is 0.462. The molecule has 1 aliphatic carbocycles. The molecule has 2 fully saturated rings. The first-order valence-electron chi connectivity index (χ1n) is 17.0. The molecular formula is C39H51N5O3. The lowest BCUT2D eigenvalue weighted by Crippen LogP contribution is -2.53. The maximum atomic E-state index is 14.7. The minimum Gasteiger partial charge on any atom is -0.340 e. The summed E-state index contributed by atoms with van der Waals surface area (Å²) in [5.74, 6) is -0.238. The predicted molar refractivity (Wildman–Crippen MR) is 189 cm³/mol. The molecule has 3 aromatic rings. The van der Waals surface area contributed by atoms with Crippen LogP contribution in [-0.2, 0) is 20.8 Å². The number of benzene rings is 3. The summed E-state index contributed by atoms with van der Waals surface area (Å²) in [6, 6.07) is 22.2. The first-order chi connectivity index (χ1) is 22.5. The summed E-state index contributed by atoms with van der Waals surface area (Å²) in [6.45, 7) is 2.24. The molecule has 3 atom stereocenters. The molecule has 0 spiro atoms. The van der Waals surface area contributed by atoms with Crippen molar-refractivity contribution in [1.82, 2.24) is 19.6 Å². The van der Waals surface area contributed by atoms with Crippen molar-refractivity contribution < 1.29 is 14.4 Å². The Morgan fingerprint density at radius 1 is 0.915 bits per heavy atom. The average Bonchev–Trinajstić information content (AvgIpc) is 3.06. The van der Waals surface area contributed by atoms with Gasteiger partial charge >= 0.3 is 0 Å². The van der Waals surface area contributed by atoms with Crippen LogP contribution in [0.25, 0.3) is 10.8 Å². The van der Waals surface area contributed by atoms with Crippen LogP contribution >= 0.6 is 0 Å². The molecule has 2 aliphatic rings. The monoisotopic (exact) mass is 637 g/mol. The molecule has 0 aromatic heterocycles. The van der Waals surface area contributed by atoms with Gasteiger partial charge in [-0.25, -0.2) is 0 Å². The minimum absolute atomic E-state index is 0.0809. The number of carbonyl (C=O) groups excluding carboxylic acids is 3. The van der Waals surface area contributed by atoms with Crippen molar-refractivity contribution in [3.8, 4) is 0 Å². The second kappa shape index (κ2) is 15.3. The van der Waals surface area contributed by atoms with Crippen molar-refractivity contribution in [2.45, 2.75) is 62.6 Å². The lowest BCUT2D eigenvalue weighted by atomic mass is 9.75. The largest absolute Gasteiger partial charge is 0.340 e. The van der Waals surface area contributed by atoms with Crippen molar-refractivity contribution in [1.29, 1.82) is 0 Å². The standard InChI is InChI=1S/C39H51N5O3/c1-41(2)27-30-13-11-24-44(28-30)38(47)36(32-15-6-5-7-16-32)43(4)37(46)34(26-29-19-20-31-14-8-9-17-33(31)25-29)42(3)35(45)18-10-21-39(40)22-12-23-39/h5-10,14-20,25,30,34,36H,11-13,21-24,26-28,40H2,1-4H3/b18-10+/t30-,34+,36?/m0/s1. The molecule has 2 N–H and O–H groups in total. The van der Waals surface area contributed by atoms with E-state index in [4.69, 9.17) is 5.73 Å². The van der Waals surface area contributed by atoms with Gasteiger partial charge in [0.2, 0.25) is 17.7 Å². The van der Waals surface area contributed by atoms with Gasteiger partial charge in [0.05, 0.1) is 0 Å². The van der Waals surface area contributed by atoms with E-state index in [1.54, 1.807) is 25.1 Å². The van der Waals surface area contributed by atoms with Crippen molar-refractivity contribution >= 4 is 28.5 Å². The van der Waals surface area contributed by atoms with Crippen molar-refractivity contribution in [2.24, 2.45) is 11.7 Å². The molecule has 0 radical (unpaired) electrons. The van der Waals surface area contributed by atoms with Crippen LogP contribution in [0, 0.1) is 5.92 Å². The summed E-state index contributed by atoms with van der Waals surface area (Å²) in [5.41, 5.74) is 7.86. The zero-order valence-electron chi connectivity index (χ0n) is 28.5. The highest BCUT2D eigenvalue weighted by atomic mass is 16.2. The van der Waals surface area contributed by atoms with Crippen LogP contribution < -0.4 is 5.73 Å². The number of hydrogen-bond acceptors (Lipinski definition) is 5. The molecular weight excluding hydrogens is 586 g/mol. The summed E-state index contributed by atoms with van der Waals surface area (Å²) in [6.07, 6.45) is 9.37. The van der Waals surface area contributed by atoms with Gasteiger partial charge in [0.25, 0.3) is 0 Å². The number of nitrogens with two attached hydrogens (primary N) is 1. The molecule has 3 amide bonds. The molecule has 47 heavy (non-hydrogen) atoms. The summed E-state index contributed by atoms with van der Waals surface area (Å²) in [7, 11) is 7.51. The number of nitrogens with zero attached hydrogens (tertiary/aromatic N) is 4. The van der Waals surface area contributed by atoms with Gasteiger partial charge in [0.1, 0.15) is 12.1 Å². The molecule has 5 rings (SSSR count). The Kier molecular flexibility index (Phi) is 11.1. The quantitative estimate of drug-likeness (QED) is 0.281. The second-order valence-corrected chi connectivity index (χ2v) is 14.0. The highest BCUT2D eigenvalue weighted by Gasteiger charge is 2.38. The number of piperidine rings is 1. The molecule has 1 heterocycles. The lowest BCUT2D eigenvalue weighted by Gasteiger charge is -2.39. The molecule has 3 aromatic carbocycles. The van der Waals surface area contributed by atoms with Crippen LogP contribution in [0.3, 0.4) is 0 Å². The van der Waals surface area contributed by atoms with E-state index < -0.39 is 12.1 Å². The number of likely N-dealkylation sites (N-methyl/N-ethyl adjacent to an activating group) is 2. The molecule has 8 nitrogen and oxygen atoms in total. The molecule has 1 aliphatic heterocycles. The van der Waals surface area contributed by atoms with E-state index in [0.717, 1.165) is 60.5 Å². The van der Waals surface area contributed by atoms with Gasteiger partial charge in [-0.1, -0.05) is 78.9 Å². The Hall–Kier alpha value is -4.01. The highest BCUT2D eigenvalue weighted by Crippen LogP contribution is 2.32. The van der Waals surface area contributed by atoms with E-state index in [9.17, 15) is 14.4 Å². The van der Waals surface area contributed by atoms with Crippen molar-refractivity contribution in [2.75, 3.05) is 47.8 Å². The Balaban J connectivity index is 1.44. The Bertz CT molecular complexity index is 1570. The Morgan fingerprint density at radius 3 is 2.30 bits per heavy atom. The molecule has 1 saturated carbocycles. The Labute approximate surface area is 280 Å². The fourth-order valence-corrected chi connectivity index (χ4v) is 7.11. The van der Waals surface area contributed by atoms with E-state index >= 15 is 0 Å². The van der Waals surface area contributed by atoms with Crippen LogP contribution in [0.1, 0.15) is 55.7 Å². The van der Waals surface area contributed by atoms with Gasteiger partial charge in [0.15, 0.2) is 0 Å².